The molecule has 0 unspecified atom stereocenters. The standard InChI is InChI=1S/C11H10F3N5O2/c1-6-2-8(21-19-6)18-10(20)17-5-7-3-15-9(16-4-7)11(12,13)14/h2-4H,5H2,1H3,(H2,17,18,20). The summed E-state index contributed by atoms with van der Waals surface area (Å²) in [5.74, 6) is -1.07. The predicted molar refractivity (Wildman–Crippen MR) is 64.1 cm³/mol. The summed E-state index contributed by atoms with van der Waals surface area (Å²) in [4.78, 5) is 17.8. The van der Waals surface area contributed by atoms with Gasteiger partial charge in [-0.1, -0.05) is 5.16 Å². The summed E-state index contributed by atoms with van der Waals surface area (Å²) < 4.78 is 41.5. The van der Waals surface area contributed by atoms with Crippen molar-refractivity contribution in [1.29, 1.82) is 0 Å². The molecule has 0 saturated heterocycles. The molecule has 0 aliphatic carbocycles. The fourth-order valence-electron chi connectivity index (χ4n) is 1.35. The number of anilines is 1. The average Bonchev–Trinajstić information content (AvgIpc) is 2.81. The molecule has 21 heavy (non-hydrogen) atoms. The van der Waals surface area contributed by atoms with E-state index in [1.165, 1.54) is 6.07 Å². The number of nitrogens with zero attached hydrogens (tertiary/aromatic N) is 3. The normalized spacial score (nSPS) is 11.2. The topological polar surface area (TPSA) is 92.9 Å². The SMILES string of the molecule is Cc1cc(NC(=O)NCc2cnc(C(F)(F)F)nc2)on1. The van der Waals surface area contributed by atoms with Crippen molar-refractivity contribution in [2.75, 3.05) is 5.32 Å². The van der Waals surface area contributed by atoms with E-state index in [1.54, 1.807) is 6.92 Å². The highest BCUT2D eigenvalue weighted by atomic mass is 19.4. The van der Waals surface area contributed by atoms with Crippen molar-refractivity contribution in [2.45, 2.75) is 19.6 Å². The number of aromatic nitrogens is 3. The third-order valence-corrected chi connectivity index (χ3v) is 2.28. The highest BCUT2D eigenvalue weighted by Crippen LogP contribution is 2.25. The van der Waals surface area contributed by atoms with Crippen LogP contribution in [-0.4, -0.2) is 21.2 Å². The first-order valence-corrected chi connectivity index (χ1v) is 5.71. The monoisotopic (exact) mass is 301 g/mol. The Kier molecular flexibility index (Phi) is 4.05. The van der Waals surface area contributed by atoms with E-state index in [2.05, 4.69) is 25.8 Å². The second-order valence-electron chi connectivity index (χ2n) is 4.05. The van der Waals surface area contributed by atoms with E-state index in [1.807, 2.05) is 0 Å². The number of hydrogen-bond donors (Lipinski definition) is 2. The Balaban J connectivity index is 1.86. The van der Waals surface area contributed by atoms with E-state index >= 15 is 0 Å². The molecule has 2 heterocycles. The lowest BCUT2D eigenvalue weighted by molar-refractivity contribution is -0.145. The Labute approximate surface area is 116 Å². The second-order valence-corrected chi connectivity index (χ2v) is 4.05. The number of nitrogens with one attached hydrogen (secondary N) is 2. The summed E-state index contributed by atoms with van der Waals surface area (Å²) in [7, 11) is 0. The van der Waals surface area contributed by atoms with E-state index in [4.69, 9.17) is 4.52 Å². The van der Waals surface area contributed by atoms with Crippen LogP contribution < -0.4 is 10.6 Å². The maximum Gasteiger partial charge on any atom is 0.451 e. The number of hydrogen-bond acceptors (Lipinski definition) is 5. The summed E-state index contributed by atoms with van der Waals surface area (Å²) >= 11 is 0. The van der Waals surface area contributed by atoms with Crippen LogP contribution in [0, 0.1) is 6.92 Å². The minimum absolute atomic E-state index is 0.0307. The number of rotatable bonds is 3. The molecule has 2 amide bonds. The quantitative estimate of drug-likeness (QED) is 0.905. The Hall–Kier alpha value is -2.65. The van der Waals surface area contributed by atoms with Crippen LogP contribution in [0.25, 0.3) is 0 Å². The lowest BCUT2D eigenvalue weighted by Gasteiger charge is -2.07. The molecule has 0 radical (unpaired) electrons. The first kappa shape index (κ1) is 14.8. The van der Waals surface area contributed by atoms with Gasteiger partial charge in [-0.2, -0.15) is 13.2 Å². The van der Waals surface area contributed by atoms with Crippen molar-refractivity contribution in [1.82, 2.24) is 20.4 Å². The number of carbonyl (C=O) groups excluding carboxylic acids is 1. The van der Waals surface area contributed by atoms with Crippen LogP contribution in [0.15, 0.2) is 23.0 Å². The van der Waals surface area contributed by atoms with Crippen LogP contribution in [0.5, 0.6) is 0 Å². The Morgan fingerprint density at radius 1 is 1.33 bits per heavy atom. The van der Waals surface area contributed by atoms with Gasteiger partial charge in [0.2, 0.25) is 11.7 Å². The van der Waals surface area contributed by atoms with Crippen molar-refractivity contribution in [2.24, 2.45) is 0 Å². The Morgan fingerprint density at radius 2 is 2.00 bits per heavy atom. The molecule has 0 bridgehead atoms. The summed E-state index contributed by atoms with van der Waals surface area (Å²) in [6.45, 7) is 1.66. The number of halogens is 3. The smallest absolute Gasteiger partial charge is 0.338 e. The van der Waals surface area contributed by atoms with Crippen molar-refractivity contribution in [3.63, 3.8) is 0 Å². The third-order valence-electron chi connectivity index (χ3n) is 2.28. The van der Waals surface area contributed by atoms with Crippen molar-refractivity contribution in [3.05, 3.63) is 35.5 Å². The number of carbonyl (C=O) groups is 1. The summed E-state index contributed by atoms with van der Waals surface area (Å²) in [6.07, 6.45) is -2.60. The van der Waals surface area contributed by atoms with Crippen molar-refractivity contribution in [3.8, 4) is 0 Å². The third kappa shape index (κ3) is 4.16. The van der Waals surface area contributed by atoms with E-state index in [9.17, 15) is 18.0 Å². The molecular weight excluding hydrogens is 291 g/mol. The van der Waals surface area contributed by atoms with Gasteiger partial charge >= 0.3 is 12.2 Å². The lowest BCUT2D eigenvalue weighted by atomic mass is 10.3. The molecule has 2 aromatic heterocycles. The summed E-state index contributed by atoms with van der Waals surface area (Å²) in [5.41, 5.74) is 0.924. The van der Waals surface area contributed by atoms with Crippen molar-refractivity contribution < 1.29 is 22.5 Å². The number of aryl methyl sites for hydroxylation is 1. The molecule has 2 N–H and O–H groups in total. The molecule has 2 rings (SSSR count). The molecule has 0 fully saturated rings. The van der Waals surface area contributed by atoms with E-state index in [0.29, 0.717) is 11.3 Å². The molecule has 7 nitrogen and oxygen atoms in total. The van der Waals surface area contributed by atoms with Crippen LogP contribution in [-0.2, 0) is 12.7 Å². The maximum atomic E-state index is 12.3. The lowest BCUT2D eigenvalue weighted by Crippen LogP contribution is -2.28. The zero-order chi connectivity index (χ0) is 15.5. The molecule has 0 aliphatic rings. The van der Waals surface area contributed by atoms with Gasteiger partial charge in [0, 0.05) is 30.6 Å². The molecule has 0 saturated carbocycles. The fraction of sp³-hybridized carbons (Fsp3) is 0.273. The van der Waals surface area contributed by atoms with E-state index in [0.717, 1.165) is 12.4 Å². The van der Waals surface area contributed by atoms with Crippen LogP contribution >= 0.6 is 0 Å². The van der Waals surface area contributed by atoms with Crippen LogP contribution in [0.3, 0.4) is 0 Å². The molecule has 10 heteroatoms. The average molecular weight is 301 g/mol. The predicted octanol–water partition coefficient (Wildman–Crippen LogP) is 2.11. The van der Waals surface area contributed by atoms with Crippen molar-refractivity contribution >= 4 is 11.9 Å². The van der Waals surface area contributed by atoms with Crippen LogP contribution in [0.2, 0.25) is 0 Å². The van der Waals surface area contributed by atoms with Gasteiger partial charge in [-0.15, -0.1) is 0 Å². The minimum atomic E-state index is -4.59. The molecule has 0 aliphatic heterocycles. The first-order chi connectivity index (χ1) is 9.84. The number of urea groups is 1. The van der Waals surface area contributed by atoms with Gasteiger partial charge in [-0.25, -0.2) is 14.8 Å². The highest BCUT2D eigenvalue weighted by molar-refractivity contribution is 5.87. The number of amides is 2. The molecule has 0 aromatic carbocycles. The van der Waals surface area contributed by atoms with Crippen LogP contribution in [0.4, 0.5) is 23.8 Å². The van der Waals surface area contributed by atoms with Crippen LogP contribution in [0.1, 0.15) is 17.1 Å². The zero-order valence-corrected chi connectivity index (χ0v) is 10.7. The fourth-order valence-corrected chi connectivity index (χ4v) is 1.35. The van der Waals surface area contributed by atoms with Gasteiger partial charge in [-0.05, 0) is 6.92 Å². The molecule has 0 spiro atoms. The molecule has 0 atom stereocenters. The molecule has 112 valence electrons. The Bertz CT molecular complexity index is 624. The summed E-state index contributed by atoms with van der Waals surface area (Å²) in [6, 6.07) is 0.923. The molecule has 2 aromatic rings. The van der Waals surface area contributed by atoms with E-state index < -0.39 is 18.0 Å². The van der Waals surface area contributed by atoms with Gasteiger partial charge in [0.25, 0.3) is 0 Å². The van der Waals surface area contributed by atoms with E-state index in [-0.39, 0.29) is 12.4 Å². The first-order valence-electron chi connectivity index (χ1n) is 5.71. The van der Waals surface area contributed by atoms with Gasteiger partial charge in [0.1, 0.15) is 0 Å². The van der Waals surface area contributed by atoms with Gasteiger partial charge < -0.3 is 9.84 Å². The van der Waals surface area contributed by atoms with Gasteiger partial charge in [0.05, 0.1) is 5.69 Å². The molecular formula is C11H10F3N5O2. The zero-order valence-electron chi connectivity index (χ0n) is 10.7. The largest absolute Gasteiger partial charge is 0.451 e. The minimum Gasteiger partial charge on any atom is -0.338 e. The van der Waals surface area contributed by atoms with Gasteiger partial charge in [-0.3, -0.25) is 5.32 Å². The highest BCUT2D eigenvalue weighted by Gasteiger charge is 2.34. The van der Waals surface area contributed by atoms with Gasteiger partial charge in [0.15, 0.2) is 0 Å². The number of alkyl halides is 3. The maximum absolute atomic E-state index is 12.3. The summed E-state index contributed by atoms with van der Waals surface area (Å²) in [5, 5.41) is 8.36. The second kappa shape index (κ2) is 5.77. The Morgan fingerprint density at radius 3 is 2.52 bits per heavy atom.